The van der Waals surface area contributed by atoms with Crippen LogP contribution in [0.4, 0.5) is 0 Å². The number of carboxylic acid groups (broad SMARTS) is 1. The summed E-state index contributed by atoms with van der Waals surface area (Å²) in [5, 5.41) is 20.7. The Labute approximate surface area is 218 Å². The third-order valence-corrected chi connectivity index (χ3v) is 10.9. The van der Waals surface area contributed by atoms with Crippen LogP contribution in [-0.4, -0.2) is 45.4 Å². The van der Waals surface area contributed by atoms with Crippen LogP contribution in [0, 0.1) is 39.4 Å². The fourth-order valence-corrected chi connectivity index (χ4v) is 8.51. The summed E-state index contributed by atoms with van der Waals surface area (Å²) >= 11 is 0. The van der Waals surface area contributed by atoms with Crippen LogP contribution in [-0.2, 0) is 24.0 Å². The lowest BCUT2D eigenvalue weighted by Gasteiger charge is -2.60. The van der Waals surface area contributed by atoms with Crippen molar-refractivity contribution in [2.45, 2.75) is 93.1 Å². The lowest BCUT2D eigenvalue weighted by Crippen LogP contribution is -2.59. The average molecular weight is 513 g/mol. The number of carboxylic acids is 1. The first-order chi connectivity index (χ1) is 16.9. The molecule has 0 radical (unpaired) electrons. The van der Waals surface area contributed by atoms with Gasteiger partial charge in [-0.2, -0.15) is 0 Å². The Bertz CT molecular complexity index is 1170. The quantitative estimate of drug-likeness (QED) is 0.527. The highest BCUT2D eigenvalue weighted by molar-refractivity contribution is 6.06. The van der Waals surface area contributed by atoms with Crippen molar-refractivity contribution < 1.29 is 34.2 Å². The second-order valence-corrected chi connectivity index (χ2v) is 13.3. The Morgan fingerprint density at radius 2 is 1.70 bits per heavy atom. The molecule has 0 aromatic carbocycles. The summed E-state index contributed by atoms with van der Waals surface area (Å²) in [5.74, 6) is -2.74. The summed E-state index contributed by atoms with van der Waals surface area (Å²) in [5.41, 5.74) is -1.43. The zero-order valence-electron chi connectivity index (χ0n) is 23.1. The van der Waals surface area contributed by atoms with Gasteiger partial charge in [0.1, 0.15) is 11.6 Å². The van der Waals surface area contributed by atoms with E-state index in [0.29, 0.717) is 36.0 Å². The molecule has 0 bridgehead atoms. The summed E-state index contributed by atoms with van der Waals surface area (Å²) in [6.07, 6.45) is 1.78. The van der Waals surface area contributed by atoms with E-state index in [0.717, 1.165) is 0 Å². The largest absolute Gasteiger partial charge is 0.481 e. The number of aliphatic hydroxyl groups is 1. The first kappa shape index (κ1) is 27.6. The number of allylic oxidation sites excluding steroid dienone is 3. The van der Waals surface area contributed by atoms with Crippen molar-refractivity contribution in [3.05, 3.63) is 22.8 Å². The van der Waals surface area contributed by atoms with Crippen molar-refractivity contribution >= 4 is 29.1 Å². The molecular formula is C30H40O7. The zero-order chi connectivity index (χ0) is 27.9. The number of carbonyl (C=O) groups is 5. The van der Waals surface area contributed by atoms with Gasteiger partial charge in [0.2, 0.25) is 0 Å². The van der Waals surface area contributed by atoms with Crippen molar-refractivity contribution in [3.8, 4) is 0 Å². The van der Waals surface area contributed by atoms with Crippen LogP contribution in [0.5, 0.6) is 0 Å². The highest BCUT2D eigenvalue weighted by Gasteiger charge is 2.70. The SMILES string of the molecule is C/C(=C/C(=O)CC(C)C(=O)O)[C@H]1CC(=O)[C@@]2(C)C3=C(C(=O)C[C@]12C)[C@@]1(C)CCC(=O)C(C)(C)[C@@H]1C[C@@H]3O. The Hall–Kier alpha value is -2.41. The van der Waals surface area contributed by atoms with E-state index in [1.165, 1.54) is 13.0 Å². The summed E-state index contributed by atoms with van der Waals surface area (Å²) in [6, 6.07) is 0. The van der Waals surface area contributed by atoms with Gasteiger partial charge < -0.3 is 10.2 Å². The van der Waals surface area contributed by atoms with Gasteiger partial charge in [0.05, 0.1) is 17.4 Å². The Morgan fingerprint density at radius 3 is 2.30 bits per heavy atom. The molecule has 0 amide bonds. The van der Waals surface area contributed by atoms with Gasteiger partial charge in [0.15, 0.2) is 11.6 Å². The monoisotopic (exact) mass is 512 g/mol. The lowest BCUT2D eigenvalue weighted by molar-refractivity contribution is -0.146. The van der Waals surface area contributed by atoms with Crippen LogP contribution in [0.25, 0.3) is 0 Å². The molecule has 4 aliphatic rings. The molecule has 0 aliphatic heterocycles. The Kier molecular flexibility index (Phi) is 6.38. The molecule has 2 saturated carbocycles. The highest BCUT2D eigenvalue weighted by Crippen LogP contribution is 2.70. The molecule has 37 heavy (non-hydrogen) atoms. The van der Waals surface area contributed by atoms with Gasteiger partial charge >= 0.3 is 5.97 Å². The van der Waals surface area contributed by atoms with Crippen molar-refractivity contribution in [2.24, 2.45) is 39.4 Å². The fraction of sp³-hybridized carbons (Fsp3) is 0.700. The van der Waals surface area contributed by atoms with E-state index in [-0.39, 0.29) is 54.2 Å². The smallest absolute Gasteiger partial charge is 0.306 e. The maximum atomic E-state index is 14.0. The van der Waals surface area contributed by atoms with Crippen LogP contribution in [0.15, 0.2) is 22.8 Å². The van der Waals surface area contributed by atoms with Crippen molar-refractivity contribution in [1.29, 1.82) is 0 Å². The van der Waals surface area contributed by atoms with Gasteiger partial charge in [-0.05, 0) is 55.6 Å². The first-order valence-electron chi connectivity index (χ1n) is 13.4. The van der Waals surface area contributed by atoms with Gasteiger partial charge in [-0.15, -0.1) is 0 Å². The van der Waals surface area contributed by atoms with Crippen LogP contribution in [0.1, 0.15) is 87.0 Å². The summed E-state index contributed by atoms with van der Waals surface area (Å²) in [4.78, 5) is 64.5. The highest BCUT2D eigenvalue weighted by atomic mass is 16.4. The van der Waals surface area contributed by atoms with E-state index in [4.69, 9.17) is 5.11 Å². The molecule has 4 aliphatic carbocycles. The number of fused-ring (bicyclic) bond motifs is 4. The minimum atomic E-state index is -1.08. The summed E-state index contributed by atoms with van der Waals surface area (Å²) in [6.45, 7) is 12.9. The number of hydrogen-bond acceptors (Lipinski definition) is 6. The molecule has 0 spiro atoms. The predicted octanol–water partition coefficient (Wildman–Crippen LogP) is 4.26. The molecule has 1 unspecified atom stereocenters. The van der Waals surface area contributed by atoms with Gasteiger partial charge in [-0.1, -0.05) is 40.2 Å². The minimum absolute atomic E-state index is 0.0497. The van der Waals surface area contributed by atoms with Crippen molar-refractivity contribution in [2.75, 3.05) is 0 Å². The summed E-state index contributed by atoms with van der Waals surface area (Å²) in [7, 11) is 0. The average Bonchev–Trinajstić information content (AvgIpc) is 2.99. The van der Waals surface area contributed by atoms with Crippen molar-refractivity contribution in [3.63, 3.8) is 0 Å². The third kappa shape index (κ3) is 3.67. The number of rotatable bonds is 5. The molecule has 7 nitrogen and oxygen atoms in total. The maximum absolute atomic E-state index is 14.0. The van der Waals surface area contributed by atoms with E-state index in [1.807, 2.05) is 34.6 Å². The fourth-order valence-electron chi connectivity index (χ4n) is 8.51. The topological polar surface area (TPSA) is 126 Å². The van der Waals surface area contributed by atoms with Crippen LogP contribution in [0.3, 0.4) is 0 Å². The van der Waals surface area contributed by atoms with Crippen LogP contribution in [0.2, 0.25) is 0 Å². The maximum Gasteiger partial charge on any atom is 0.306 e. The molecule has 0 aromatic heterocycles. The molecular weight excluding hydrogens is 472 g/mol. The number of aliphatic carboxylic acids is 1. The number of carbonyl (C=O) groups excluding carboxylic acids is 4. The molecule has 0 heterocycles. The zero-order valence-corrected chi connectivity index (χ0v) is 23.1. The van der Waals surface area contributed by atoms with Crippen LogP contribution < -0.4 is 0 Å². The normalized spacial score (nSPS) is 40.2. The molecule has 4 rings (SSSR count). The van der Waals surface area contributed by atoms with E-state index >= 15 is 0 Å². The Morgan fingerprint density at radius 1 is 1.08 bits per heavy atom. The number of hydrogen-bond donors (Lipinski definition) is 2. The second kappa shape index (κ2) is 8.55. The van der Waals surface area contributed by atoms with Gasteiger partial charge in [-0.25, -0.2) is 0 Å². The van der Waals surface area contributed by atoms with E-state index in [9.17, 15) is 29.1 Å². The molecule has 202 valence electrons. The van der Waals surface area contributed by atoms with Crippen molar-refractivity contribution in [1.82, 2.24) is 0 Å². The van der Waals surface area contributed by atoms with Gasteiger partial charge in [-0.3, -0.25) is 24.0 Å². The van der Waals surface area contributed by atoms with E-state index in [2.05, 4.69) is 0 Å². The molecule has 0 saturated heterocycles. The van der Waals surface area contributed by atoms with Gasteiger partial charge in [0, 0.05) is 42.1 Å². The molecule has 0 aromatic rings. The molecule has 2 N–H and O–H groups in total. The predicted molar refractivity (Wildman–Crippen MR) is 136 cm³/mol. The number of aliphatic hydroxyl groups excluding tert-OH is 1. The number of ketones is 4. The Balaban J connectivity index is 1.81. The minimum Gasteiger partial charge on any atom is -0.481 e. The van der Waals surface area contributed by atoms with Crippen LogP contribution >= 0.6 is 0 Å². The second-order valence-electron chi connectivity index (χ2n) is 13.3. The van der Waals surface area contributed by atoms with E-state index in [1.54, 1.807) is 6.92 Å². The standard InChI is InChI=1S/C30H40O7/c1-15(10-17(31)11-16(2)26(36)37)18-12-23(35)30(7)25-19(32)13-21-27(3,4)22(34)8-9-28(21,5)24(25)20(33)14-29(18,30)6/h10,16,18-19,21,32H,8-9,11-14H2,1-7H3,(H,36,37)/b15-10-/t16?,18-,19+,21+,28+,29-,30+/m1/s1. The van der Waals surface area contributed by atoms with Gasteiger partial charge in [0.25, 0.3) is 0 Å². The molecule has 2 fully saturated rings. The molecule has 7 heteroatoms. The first-order valence-corrected chi connectivity index (χ1v) is 13.4. The van der Waals surface area contributed by atoms with E-state index < -0.39 is 39.7 Å². The third-order valence-electron chi connectivity index (χ3n) is 10.9. The summed E-state index contributed by atoms with van der Waals surface area (Å²) < 4.78 is 0. The number of Topliss-reactive ketones (excluding diaryl/α,β-unsaturated/α-hetero) is 3. The lowest BCUT2D eigenvalue weighted by atomic mass is 9.42. The molecule has 7 atom stereocenters.